The Bertz CT molecular complexity index is 1290. The first-order valence-electron chi connectivity index (χ1n) is 9.29. The highest BCUT2D eigenvalue weighted by molar-refractivity contribution is 5.91. The largest absolute Gasteiger partial charge is 0.376 e. The molecule has 0 radical (unpaired) electrons. The maximum Gasteiger partial charge on any atom is 0.265 e. The molecule has 0 spiro atoms. The fourth-order valence-corrected chi connectivity index (χ4v) is 3.69. The smallest absolute Gasteiger partial charge is 0.265 e. The van der Waals surface area contributed by atoms with Crippen LogP contribution in [0.5, 0.6) is 0 Å². The third kappa shape index (κ3) is 2.80. The van der Waals surface area contributed by atoms with Crippen molar-refractivity contribution in [1.29, 1.82) is 0 Å². The van der Waals surface area contributed by atoms with Crippen LogP contribution < -0.4 is 11.1 Å². The van der Waals surface area contributed by atoms with E-state index in [0.29, 0.717) is 34.2 Å². The fourth-order valence-electron chi connectivity index (χ4n) is 3.69. The van der Waals surface area contributed by atoms with Crippen LogP contribution >= 0.6 is 0 Å². The number of fused-ring (bicyclic) bond motifs is 2. The van der Waals surface area contributed by atoms with E-state index in [4.69, 9.17) is 4.74 Å². The first kappa shape index (κ1) is 16.8. The minimum atomic E-state index is -0.250. The molecule has 0 saturated carbocycles. The minimum absolute atomic E-state index is 0.0601. The lowest BCUT2D eigenvalue weighted by atomic mass is 10.2. The summed E-state index contributed by atoms with van der Waals surface area (Å²) in [6.45, 7) is 1.26. The molecular formula is C21H18N4O3. The average molecular weight is 374 g/mol. The maximum atomic E-state index is 13.0. The summed E-state index contributed by atoms with van der Waals surface area (Å²) in [6.07, 6.45) is 7.07. The summed E-state index contributed by atoms with van der Waals surface area (Å²) in [7, 11) is 0. The summed E-state index contributed by atoms with van der Waals surface area (Å²) in [5.41, 5.74) is 0.728. The molecule has 7 heteroatoms. The van der Waals surface area contributed by atoms with E-state index in [0.717, 1.165) is 19.4 Å². The first-order chi connectivity index (χ1) is 13.7. The van der Waals surface area contributed by atoms with Gasteiger partial charge in [-0.25, -0.2) is 9.97 Å². The summed E-state index contributed by atoms with van der Waals surface area (Å²) in [4.78, 5) is 34.7. The van der Waals surface area contributed by atoms with Crippen LogP contribution in [0.15, 0.2) is 64.6 Å². The van der Waals surface area contributed by atoms with Crippen LogP contribution in [0.25, 0.3) is 27.6 Å². The second-order valence-electron chi connectivity index (χ2n) is 6.94. The first-order valence-corrected chi connectivity index (χ1v) is 9.29. The van der Waals surface area contributed by atoms with Gasteiger partial charge in [0.05, 0.1) is 34.5 Å². The predicted octanol–water partition coefficient (Wildman–Crippen LogP) is 2.27. The van der Waals surface area contributed by atoms with Crippen LogP contribution in [0, 0.1) is 0 Å². The number of hydrogen-bond acceptors (Lipinski definition) is 5. The van der Waals surface area contributed by atoms with Crippen LogP contribution in [0.3, 0.4) is 0 Å². The number of hydrogen-bond donors (Lipinski definition) is 0. The standard InChI is InChI=1S/C21H18N4O3/c26-20-15-12-16-18(7-10-25(21(16)27)19-5-1-2-8-22-19)23-17(15)6-9-24(20)13-14-4-3-11-28-14/h1-2,5-10,12,14H,3-4,11,13H2. The van der Waals surface area contributed by atoms with E-state index >= 15 is 0 Å². The van der Waals surface area contributed by atoms with Gasteiger partial charge in [-0.2, -0.15) is 0 Å². The zero-order valence-corrected chi connectivity index (χ0v) is 15.1. The molecular weight excluding hydrogens is 356 g/mol. The van der Waals surface area contributed by atoms with Crippen molar-refractivity contribution in [2.45, 2.75) is 25.5 Å². The Labute approximate surface area is 159 Å². The summed E-state index contributed by atoms with van der Waals surface area (Å²) in [5.74, 6) is 0.526. The van der Waals surface area contributed by atoms with E-state index in [1.807, 2.05) is 12.1 Å². The van der Waals surface area contributed by atoms with Crippen molar-refractivity contribution < 1.29 is 4.74 Å². The molecule has 5 rings (SSSR count). The summed E-state index contributed by atoms with van der Waals surface area (Å²) >= 11 is 0. The molecule has 1 atom stereocenters. The number of aromatic nitrogens is 4. The van der Waals surface area contributed by atoms with Crippen LogP contribution in [0.4, 0.5) is 0 Å². The van der Waals surface area contributed by atoms with Crippen molar-refractivity contribution in [2.24, 2.45) is 0 Å². The van der Waals surface area contributed by atoms with Gasteiger partial charge in [0.25, 0.3) is 11.1 Å². The van der Waals surface area contributed by atoms with Crippen molar-refractivity contribution in [3.05, 3.63) is 75.7 Å². The lowest BCUT2D eigenvalue weighted by Gasteiger charge is -2.12. The summed E-state index contributed by atoms with van der Waals surface area (Å²) < 4.78 is 8.75. The quantitative estimate of drug-likeness (QED) is 0.514. The van der Waals surface area contributed by atoms with Gasteiger partial charge in [0.15, 0.2) is 0 Å². The highest BCUT2D eigenvalue weighted by Gasteiger charge is 2.17. The van der Waals surface area contributed by atoms with E-state index in [9.17, 15) is 9.59 Å². The van der Waals surface area contributed by atoms with Crippen molar-refractivity contribution >= 4 is 21.8 Å². The molecule has 1 aliphatic rings. The number of rotatable bonds is 3. The lowest BCUT2D eigenvalue weighted by Crippen LogP contribution is -2.26. The van der Waals surface area contributed by atoms with Crippen molar-refractivity contribution in [3.63, 3.8) is 0 Å². The molecule has 0 bridgehead atoms. The van der Waals surface area contributed by atoms with Gasteiger partial charge in [-0.15, -0.1) is 0 Å². The molecule has 0 N–H and O–H groups in total. The molecule has 0 amide bonds. The molecule has 140 valence electrons. The third-order valence-corrected chi connectivity index (χ3v) is 5.14. The van der Waals surface area contributed by atoms with Crippen molar-refractivity contribution in [3.8, 4) is 5.82 Å². The van der Waals surface area contributed by atoms with Crippen LogP contribution in [-0.2, 0) is 11.3 Å². The molecule has 1 unspecified atom stereocenters. The summed E-state index contributed by atoms with van der Waals surface area (Å²) in [6, 6.07) is 10.6. The van der Waals surface area contributed by atoms with E-state index in [2.05, 4.69) is 9.97 Å². The number of nitrogens with zero attached hydrogens (tertiary/aromatic N) is 4. The highest BCUT2D eigenvalue weighted by atomic mass is 16.5. The predicted molar refractivity (Wildman–Crippen MR) is 106 cm³/mol. The Balaban J connectivity index is 1.68. The van der Waals surface area contributed by atoms with E-state index in [-0.39, 0.29) is 17.2 Å². The van der Waals surface area contributed by atoms with Crippen LogP contribution in [-0.4, -0.2) is 31.8 Å². The Morgan fingerprint density at radius 3 is 2.61 bits per heavy atom. The molecule has 7 nitrogen and oxygen atoms in total. The van der Waals surface area contributed by atoms with Crippen molar-refractivity contribution in [2.75, 3.05) is 6.61 Å². The Hall–Kier alpha value is -3.32. The van der Waals surface area contributed by atoms with Gasteiger partial charge in [-0.1, -0.05) is 6.07 Å². The Kier molecular flexibility index (Phi) is 4.02. The maximum absolute atomic E-state index is 13.0. The zero-order valence-electron chi connectivity index (χ0n) is 15.1. The van der Waals surface area contributed by atoms with Gasteiger partial charge in [-0.05, 0) is 43.2 Å². The number of ether oxygens (including phenoxy) is 1. The van der Waals surface area contributed by atoms with Crippen LogP contribution in [0.1, 0.15) is 12.8 Å². The second kappa shape index (κ2) is 6.69. The number of pyridine rings is 4. The molecule has 0 aliphatic carbocycles. The third-order valence-electron chi connectivity index (χ3n) is 5.14. The SMILES string of the molecule is O=c1c2cc3c(=O)n(-c4ccccn4)ccc3nc2ccn1CC1CCCO1. The van der Waals surface area contributed by atoms with Gasteiger partial charge >= 0.3 is 0 Å². The molecule has 4 aromatic rings. The van der Waals surface area contributed by atoms with Gasteiger partial charge in [0.2, 0.25) is 0 Å². The van der Waals surface area contributed by atoms with Gasteiger partial charge < -0.3 is 9.30 Å². The Morgan fingerprint density at radius 2 is 1.86 bits per heavy atom. The average Bonchev–Trinajstić information content (AvgIpc) is 3.24. The van der Waals surface area contributed by atoms with E-state index in [1.165, 1.54) is 4.57 Å². The van der Waals surface area contributed by atoms with E-state index < -0.39 is 0 Å². The lowest BCUT2D eigenvalue weighted by molar-refractivity contribution is 0.0963. The molecule has 28 heavy (non-hydrogen) atoms. The second-order valence-corrected chi connectivity index (χ2v) is 6.94. The monoisotopic (exact) mass is 374 g/mol. The molecule has 0 aromatic carbocycles. The normalized spacial score (nSPS) is 16.8. The molecule has 1 aliphatic heterocycles. The van der Waals surface area contributed by atoms with Crippen LogP contribution in [0.2, 0.25) is 0 Å². The fraction of sp³-hybridized carbons (Fsp3) is 0.238. The van der Waals surface area contributed by atoms with Gasteiger partial charge in [0, 0.05) is 25.2 Å². The van der Waals surface area contributed by atoms with Gasteiger partial charge in [0.1, 0.15) is 5.82 Å². The molecule has 1 fully saturated rings. The van der Waals surface area contributed by atoms with Crippen molar-refractivity contribution in [1.82, 2.24) is 19.1 Å². The summed E-state index contributed by atoms with van der Waals surface area (Å²) in [5, 5.41) is 0.830. The molecule has 5 heterocycles. The van der Waals surface area contributed by atoms with E-state index in [1.54, 1.807) is 47.4 Å². The molecule has 1 saturated heterocycles. The highest BCUT2D eigenvalue weighted by Crippen LogP contribution is 2.17. The minimum Gasteiger partial charge on any atom is -0.376 e. The topological polar surface area (TPSA) is 79.0 Å². The van der Waals surface area contributed by atoms with Gasteiger partial charge in [-0.3, -0.25) is 14.2 Å². The molecule has 4 aromatic heterocycles. The zero-order chi connectivity index (χ0) is 19.1. The Morgan fingerprint density at radius 1 is 1.04 bits per heavy atom.